The minimum absolute atomic E-state index is 0.367. The number of benzene rings is 1. The van der Waals surface area contributed by atoms with Crippen LogP contribution < -0.4 is 0 Å². The standard InChI is InChI=1S/C16H19F2N3/c1-11-8-19-16(20-11)13-3-2-4-21(10-13)9-12-5-14(17)7-15(18)6-12/h5-8,13H,2-4,9-10H2,1H3,(H,19,20)/t13-/m1/s1. The summed E-state index contributed by atoms with van der Waals surface area (Å²) >= 11 is 0. The molecule has 0 saturated carbocycles. The summed E-state index contributed by atoms with van der Waals surface area (Å²) in [5.74, 6) is 0.355. The second-order valence-corrected chi connectivity index (χ2v) is 5.80. The fraction of sp³-hybridized carbons (Fsp3) is 0.438. The first kappa shape index (κ1) is 14.2. The van der Waals surface area contributed by atoms with Gasteiger partial charge in [-0.3, -0.25) is 4.90 Å². The third-order valence-corrected chi connectivity index (χ3v) is 3.94. The zero-order valence-electron chi connectivity index (χ0n) is 12.1. The van der Waals surface area contributed by atoms with E-state index in [1.807, 2.05) is 13.1 Å². The van der Waals surface area contributed by atoms with Crippen molar-refractivity contribution in [1.29, 1.82) is 0 Å². The third kappa shape index (κ3) is 3.47. The summed E-state index contributed by atoms with van der Waals surface area (Å²) in [5.41, 5.74) is 1.75. The number of nitrogens with zero attached hydrogens (tertiary/aromatic N) is 2. The molecule has 1 aromatic heterocycles. The summed E-state index contributed by atoms with van der Waals surface area (Å²) in [6.07, 6.45) is 4.01. The Balaban J connectivity index is 1.68. The van der Waals surface area contributed by atoms with Gasteiger partial charge in [0.1, 0.15) is 17.5 Å². The van der Waals surface area contributed by atoms with Crippen molar-refractivity contribution >= 4 is 0 Å². The predicted molar refractivity (Wildman–Crippen MR) is 76.9 cm³/mol. The predicted octanol–water partition coefficient (Wildman–Crippen LogP) is 3.38. The van der Waals surface area contributed by atoms with Crippen LogP contribution in [0.4, 0.5) is 8.78 Å². The van der Waals surface area contributed by atoms with Gasteiger partial charge in [0.2, 0.25) is 0 Å². The Kier molecular flexibility index (Phi) is 4.01. The molecule has 1 aliphatic rings. The average Bonchev–Trinajstić information content (AvgIpc) is 2.84. The number of halogens is 2. The number of H-pyrrole nitrogens is 1. The largest absolute Gasteiger partial charge is 0.346 e. The van der Waals surface area contributed by atoms with Gasteiger partial charge in [-0.1, -0.05) is 0 Å². The molecule has 1 fully saturated rings. The van der Waals surface area contributed by atoms with Crippen molar-refractivity contribution in [3.05, 3.63) is 53.1 Å². The number of aromatic nitrogens is 2. The lowest BCUT2D eigenvalue weighted by atomic mass is 9.97. The van der Waals surface area contributed by atoms with Gasteiger partial charge in [0.25, 0.3) is 0 Å². The maximum atomic E-state index is 13.3. The Morgan fingerprint density at radius 3 is 2.71 bits per heavy atom. The van der Waals surface area contributed by atoms with Crippen molar-refractivity contribution in [1.82, 2.24) is 14.9 Å². The molecule has 21 heavy (non-hydrogen) atoms. The van der Waals surface area contributed by atoms with Crippen LogP contribution in [0.1, 0.15) is 35.8 Å². The van der Waals surface area contributed by atoms with Crippen molar-refractivity contribution in [2.24, 2.45) is 0 Å². The van der Waals surface area contributed by atoms with Gasteiger partial charge in [0.05, 0.1) is 0 Å². The average molecular weight is 291 g/mol. The van der Waals surface area contributed by atoms with Gasteiger partial charge in [-0.15, -0.1) is 0 Å². The number of likely N-dealkylation sites (tertiary alicyclic amines) is 1. The first-order chi connectivity index (χ1) is 10.1. The van der Waals surface area contributed by atoms with E-state index >= 15 is 0 Å². The number of imidazole rings is 1. The lowest BCUT2D eigenvalue weighted by Gasteiger charge is -2.31. The second kappa shape index (κ2) is 5.93. The summed E-state index contributed by atoms with van der Waals surface area (Å²) in [6.45, 7) is 4.39. The van der Waals surface area contributed by atoms with Crippen LogP contribution in [0.5, 0.6) is 0 Å². The van der Waals surface area contributed by atoms with Crippen LogP contribution in [0, 0.1) is 18.6 Å². The molecule has 0 spiro atoms. The van der Waals surface area contributed by atoms with Crippen molar-refractivity contribution in [2.75, 3.05) is 13.1 Å². The van der Waals surface area contributed by atoms with Gasteiger partial charge >= 0.3 is 0 Å². The van der Waals surface area contributed by atoms with Gasteiger partial charge in [0.15, 0.2) is 0 Å². The molecule has 1 atom stereocenters. The highest BCUT2D eigenvalue weighted by molar-refractivity contribution is 5.18. The molecule has 0 bridgehead atoms. The molecule has 2 aromatic rings. The molecule has 0 aliphatic carbocycles. The van der Waals surface area contributed by atoms with Crippen LogP contribution in [0.2, 0.25) is 0 Å². The molecular formula is C16H19F2N3. The maximum absolute atomic E-state index is 13.3. The Bertz CT molecular complexity index is 603. The Morgan fingerprint density at radius 1 is 1.29 bits per heavy atom. The van der Waals surface area contributed by atoms with Crippen LogP contribution in [-0.2, 0) is 6.54 Å². The number of hydrogen-bond acceptors (Lipinski definition) is 2. The molecule has 112 valence electrons. The number of aryl methyl sites for hydroxylation is 1. The van der Waals surface area contributed by atoms with Crippen molar-refractivity contribution < 1.29 is 8.78 Å². The van der Waals surface area contributed by atoms with Crippen LogP contribution in [-0.4, -0.2) is 28.0 Å². The van der Waals surface area contributed by atoms with Gasteiger partial charge < -0.3 is 4.98 Å². The van der Waals surface area contributed by atoms with E-state index in [4.69, 9.17) is 0 Å². The molecule has 1 saturated heterocycles. The minimum atomic E-state index is -0.514. The highest BCUT2D eigenvalue weighted by Gasteiger charge is 2.23. The smallest absolute Gasteiger partial charge is 0.126 e. The molecule has 0 amide bonds. The van der Waals surface area contributed by atoms with E-state index in [0.717, 1.165) is 43.5 Å². The number of piperidine rings is 1. The normalized spacial score (nSPS) is 19.9. The molecule has 3 nitrogen and oxygen atoms in total. The molecular weight excluding hydrogens is 272 g/mol. The Morgan fingerprint density at radius 2 is 2.05 bits per heavy atom. The Labute approximate surface area is 123 Å². The van der Waals surface area contributed by atoms with Gasteiger partial charge in [0, 0.05) is 37.0 Å². The number of nitrogens with one attached hydrogen (secondary N) is 1. The lowest BCUT2D eigenvalue weighted by molar-refractivity contribution is 0.196. The summed E-state index contributed by atoms with van der Waals surface area (Å²) < 4.78 is 26.5. The molecule has 0 unspecified atom stereocenters. The first-order valence-electron chi connectivity index (χ1n) is 7.29. The van der Waals surface area contributed by atoms with E-state index in [0.29, 0.717) is 18.0 Å². The molecule has 1 aromatic carbocycles. The van der Waals surface area contributed by atoms with E-state index in [1.165, 1.54) is 12.1 Å². The maximum Gasteiger partial charge on any atom is 0.126 e. The zero-order chi connectivity index (χ0) is 14.8. The molecule has 5 heteroatoms. The van der Waals surface area contributed by atoms with E-state index in [1.54, 1.807) is 0 Å². The highest BCUT2D eigenvalue weighted by atomic mass is 19.1. The highest BCUT2D eigenvalue weighted by Crippen LogP contribution is 2.26. The number of rotatable bonds is 3. The van der Waals surface area contributed by atoms with E-state index in [9.17, 15) is 8.78 Å². The summed E-state index contributed by atoms with van der Waals surface area (Å²) in [4.78, 5) is 9.93. The van der Waals surface area contributed by atoms with Gasteiger partial charge in [-0.25, -0.2) is 13.8 Å². The number of aromatic amines is 1. The van der Waals surface area contributed by atoms with Crippen molar-refractivity contribution in [3.8, 4) is 0 Å². The second-order valence-electron chi connectivity index (χ2n) is 5.80. The van der Waals surface area contributed by atoms with Crippen LogP contribution in [0.3, 0.4) is 0 Å². The van der Waals surface area contributed by atoms with Crippen molar-refractivity contribution in [3.63, 3.8) is 0 Å². The van der Waals surface area contributed by atoms with Gasteiger partial charge in [-0.05, 0) is 44.0 Å². The summed E-state index contributed by atoms with van der Waals surface area (Å²) in [5, 5.41) is 0. The first-order valence-corrected chi connectivity index (χ1v) is 7.29. The third-order valence-electron chi connectivity index (χ3n) is 3.94. The number of hydrogen-bond donors (Lipinski definition) is 1. The van der Waals surface area contributed by atoms with E-state index < -0.39 is 11.6 Å². The lowest BCUT2D eigenvalue weighted by Crippen LogP contribution is -2.34. The summed E-state index contributed by atoms with van der Waals surface area (Å²) in [6, 6.07) is 3.72. The SMILES string of the molecule is Cc1cnc([C@@H]2CCCN(Cc3cc(F)cc(F)c3)C2)[nH]1. The quantitative estimate of drug-likeness (QED) is 0.940. The van der Waals surface area contributed by atoms with E-state index in [-0.39, 0.29) is 0 Å². The molecule has 0 radical (unpaired) electrons. The Hall–Kier alpha value is -1.75. The fourth-order valence-corrected chi connectivity index (χ4v) is 3.02. The summed E-state index contributed by atoms with van der Waals surface area (Å²) in [7, 11) is 0. The van der Waals surface area contributed by atoms with Crippen LogP contribution in [0.25, 0.3) is 0 Å². The van der Waals surface area contributed by atoms with Crippen LogP contribution in [0.15, 0.2) is 24.4 Å². The fourth-order valence-electron chi connectivity index (χ4n) is 3.02. The monoisotopic (exact) mass is 291 g/mol. The van der Waals surface area contributed by atoms with Gasteiger partial charge in [-0.2, -0.15) is 0 Å². The van der Waals surface area contributed by atoms with Crippen molar-refractivity contribution in [2.45, 2.75) is 32.2 Å². The molecule has 1 N–H and O–H groups in total. The van der Waals surface area contributed by atoms with Crippen LogP contribution >= 0.6 is 0 Å². The van der Waals surface area contributed by atoms with E-state index in [2.05, 4.69) is 14.9 Å². The zero-order valence-corrected chi connectivity index (χ0v) is 12.1. The topological polar surface area (TPSA) is 31.9 Å². The minimum Gasteiger partial charge on any atom is -0.346 e. The molecule has 3 rings (SSSR count). The molecule has 2 heterocycles. The molecule has 1 aliphatic heterocycles.